The number of nitrogens with two attached hydrogens (primary N) is 1. The molecule has 0 atom stereocenters. The topological polar surface area (TPSA) is 62.2 Å². The van der Waals surface area contributed by atoms with Gasteiger partial charge in [-0.3, -0.25) is 0 Å². The average molecular weight is 147 g/mol. The van der Waals surface area contributed by atoms with E-state index in [0.717, 1.165) is 0 Å². The van der Waals surface area contributed by atoms with E-state index in [0.29, 0.717) is 12.4 Å². The summed E-state index contributed by atoms with van der Waals surface area (Å²) in [5.74, 6) is 0.518. The summed E-state index contributed by atoms with van der Waals surface area (Å²) in [5.41, 5.74) is 11.9. The first-order valence-electron chi connectivity index (χ1n) is 2.79. The standard InChI is InChI=1S/C5H13N3S/c1-5(2,3-6)9-4-8-7/h7H,3-4,6H2,1-2H3. The van der Waals surface area contributed by atoms with Gasteiger partial charge in [0.1, 0.15) is 5.88 Å². The summed E-state index contributed by atoms with van der Waals surface area (Å²) in [7, 11) is 0. The lowest BCUT2D eigenvalue weighted by Crippen LogP contribution is -2.26. The predicted molar refractivity (Wildman–Crippen MR) is 40.7 cm³/mol. The second kappa shape index (κ2) is 3.85. The summed E-state index contributed by atoms with van der Waals surface area (Å²) in [6.45, 7) is 4.72. The molecule has 0 radical (unpaired) electrons. The molecular weight excluding hydrogens is 134 g/mol. The second-order valence-corrected chi connectivity index (χ2v) is 4.05. The van der Waals surface area contributed by atoms with Crippen molar-refractivity contribution in [2.24, 2.45) is 10.8 Å². The summed E-state index contributed by atoms with van der Waals surface area (Å²) in [5, 5.41) is 3.23. The molecular formula is C5H13N3S. The molecule has 0 saturated carbocycles. The Morgan fingerprint density at radius 2 is 2.22 bits per heavy atom. The number of hydrogen-bond acceptors (Lipinski definition) is 4. The normalized spacial score (nSPS) is 11.4. The third-order valence-corrected chi connectivity index (χ3v) is 2.22. The minimum atomic E-state index is 0.0740. The van der Waals surface area contributed by atoms with Crippen LogP contribution >= 0.6 is 11.8 Å². The van der Waals surface area contributed by atoms with E-state index in [2.05, 4.69) is 5.11 Å². The molecule has 0 spiro atoms. The van der Waals surface area contributed by atoms with Crippen LogP contribution in [-0.2, 0) is 0 Å². The van der Waals surface area contributed by atoms with Gasteiger partial charge in [-0.05, 0) is 13.8 Å². The Kier molecular flexibility index (Phi) is 3.81. The van der Waals surface area contributed by atoms with Crippen LogP contribution in [-0.4, -0.2) is 17.2 Å². The molecule has 0 bridgehead atoms. The maximum absolute atomic E-state index is 6.52. The Hall–Kier alpha value is -0.0900. The first-order valence-corrected chi connectivity index (χ1v) is 3.78. The summed E-state index contributed by atoms with van der Waals surface area (Å²) in [6.07, 6.45) is 0. The van der Waals surface area contributed by atoms with E-state index in [4.69, 9.17) is 11.3 Å². The molecule has 4 heteroatoms. The largest absolute Gasteiger partial charge is 0.329 e. The lowest BCUT2D eigenvalue weighted by molar-refractivity contribution is 0.722. The van der Waals surface area contributed by atoms with E-state index in [1.165, 1.54) is 0 Å². The second-order valence-electron chi connectivity index (χ2n) is 2.40. The summed E-state index contributed by atoms with van der Waals surface area (Å²) in [4.78, 5) is 0. The zero-order valence-corrected chi connectivity index (χ0v) is 6.66. The molecule has 0 heterocycles. The third-order valence-electron chi connectivity index (χ3n) is 1.01. The van der Waals surface area contributed by atoms with Crippen molar-refractivity contribution in [1.82, 2.24) is 0 Å². The average Bonchev–Trinajstić information content (AvgIpc) is 1.84. The fourth-order valence-electron chi connectivity index (χ4n) is 0.266. The number of hydrogen-bond donors (Lipinski definition) is 2. The first-order chi connectivity index (χ1) is 4.12. The molecule has 3 nitrogen and oxygen atoms in total. The smallest absolute Gasteiger partial charge is 0.106 e. The SMILES string of the molecule is CC(C)(CN)SCN=N. The lowest BCUT2D eigenvalue weighted by atomic mass is 10.2. The van der Waals surface area contributed by atoms with Gasteiger partial charge in [0, 0.05) is 11.3 Å². The van der Waals surface area contributed by atoms with Gasteiger partial charge < -0.3 is 5.73 Å². The van der Waals surface area contributed by atoms with Crippen LogP contribution in [0.25, 0.3) is 0 Å². The molecule has 0 amide bonds. The maximum atomic E-state index is 6.52. The quantitative estimate of drug-likeness (QED) is 0.591. The van der Waals surface area contributed by atoms with Gasteiger partial charge in [0.05, 0.1) is 0 Å². The molecule has 0 rings (SSSR count). The van der Waals surface area contributed by atoms with Crippen molar-refractivity contribution < 1.29 is 0 Å². The van der Waals surface area contributed by atoms with Gasteiger partial charge in [0.15, 0.2) is 0 Å². The number of rotatable bonds is 4. The van der Waals surface area contributed by atoms with E-state index < -0.39 is 0 Å². The molecule has 0 aromatic carbocycles. The number of thioether (sulfide) groups is 1. The first kappa shape index (κ1) is 8.91. The molecule has 0 aliphatic rings. The van der Waals surface area contributed by atoms with Gasteiger partial charge in [-0.25, -0.2) is 5.53 Å². The van der Waals surface area contributed by atoms with Crippen LogP contribution < -0.4 is 5.73 Å². The highest BCUT2D eigenvalue weighted by molar-refractivity contribution is 8.00. The van der Waals surface area contributed by atoms with Crippen LogP contribution in [0.5, 0.6) is 0 Å². The Morgan fingerprint density at radius 3 is 2.56 bits per heavy atom. The van der Waals surface area contributed by atoms with Gasteiger partial charge in [-0.15, -0.1) is 11.8 Å². The van der Waals surface area contributed by atoms with Crippen LogP contribution in [0, 0.1) is 5.53 Å². The molecule has 0 aromatic heterocycles. The zero-order valence-electron chi connectivity index (χ0n) is 5.85. The van der Waals surface area contributed by atoms with Crippen molar-refractivity contribution in [3.05, 3.63) is 0 Å². The molecule has 54 valence electrons. The van der Waals surface area contributed by atoms with Gasteiger partial charge in [0.25, 0.3) is 0 Å². The maximum Gasteiger partial charge on any atom is 0.106 e. The number of nitrogens with zero attached hydrogens (tertiary/aromatic N) is 1. The Balaban J connectivity index is 3.44. The van der Waals surface area contributed by atoms with Crippen LogP contribution in [0.3, 0.4) is 0 Å². The minimum Gasteiger partial charge on any atom is -0.329 e. The van der Waals surface area contributed by atoms with Crippen molar-refractivity contribution >= 4 is 11.8 Å². The van der Waals surface area contributed by atoms with Crippen molar-refractivity contribution in [3.63, 3.8) is 0 Å². The van der Waals surface area contributed by atoms with E-state index in [1.807, 2.05) is 13.8 Å². The van der Waals surface area contributed by atoms with Gasteiger partial charge in [-0.1, -0.05) is 0 Å². The van der Waals surface area contributed by atoms with Crippen LogP contribution in [0.15, 0.2) is 5.11 Å². The highest BCUT2D eigenvalue weighted by Crippen LogP contribution is 2.22. The minimum absolute atomic E-state index is 0.0740. The Labute approximate surface area is 59.9 Å². The number of nitrogens with one attached hydrogen (secondary N) is 1. The predicted octanol–water partition coefficient (Wildman–Crippen LogP) is 1.45. The van der Waals surface area contributed by atoms with Gasteiger partial charge in [-0.2, -0.15) is 5.11 Å². The monoisotopic (exact) mass is 147 g/mol. The van der Waals surface area contributed by atoms with Gasteiger partial charge in [0.2, 0.25) is 0 Å². The summed E-state index contributed by atoms with van der Waals surface area (Å²) >= 11 is 1.60. The molecule has 9 heavy (non-hydrogen) atoms. The molecule has 0 aliphatic carbocycles. The van der Waals surface area contributed by atoms with Crippen molar-refractivity contribution in [2.75, 3.05) is 12.4 Å². The van der Waals surface area contributed by atoms with Crippen molar-refractivity contribution in [1.29, 1.82) is 5.53 Å². The van der Waals surface area contributed by atoms with Crippen LogP contribution in [0.4, 0.5) is 0 Å². The molecule has 0 saturated heterocycles. The van der Waals surface area contributed by atoms with E-state index in [-0.39, 0.29) is 4.75 Å². The van der Waals surface area contributed by atoms with Crippen LogP contribution in [0.2, 0.25) is 0 Å². The Morgan fingerprint density at radius 1 is 1.67 bits per heavy atom. The molecule has 0 fully saturated rings. The fourth-order valence-corrected chi connectivity index (χ4v) is 0.798. The fraction of sp³-hybridized carbons (Fsp3) is 1.00. The van der Waals surface area contributed by atoms with Gasteiger partial charge >= 0.3 is 0 Å². The Bertz CT molecular complexity index is 92.2. The summed E-state index contributed by atoms with van der Waals surface area (Å²) < 4.78 is 0.0740. The van der Waals surface area contributed by atoms with E-state index >= 15 is 0 Å². The lowest BCUT2D eigenvalue weighted by Gasteiger charge is -2.19. The molecule has 0 aromatic rings. The highest BCUT2D eigenvalue weighted by atomic mass is 32.2. The van der Waals surface area contributed by atoms with E-state index in [1.54, 1.807) is 11.8 Å². The zero-order chi connectivity index (χ0) is 7.33. The van der Waals surface area contributed by atoms with E-state index in [9.17, 15) is 0 Å². The third kappa shape index (κ3) is 4.42. The molecule has 0 unspecified atom stereocenters. The van der Waals surface area contributed by atoms with Crippen LogP contribution in [0.1, 0.15) is 13.8 Å². The van der Waals surface area contributed by atoms with Crippen molar-refractivity contribution in [3.8, 4) is 0 Å². The molecule has 3 N–H and O–H groups in total. The highest BCUT2D eigenvalue weighted by Gasteiger charge is 2.14. The summed E-state index contributed by atoms with van der Waals surface area (Å²) in [6, 6.07) is 0. The van der Waals surface area contributed by atoms with Crippen molar-refractivity contribution in [2.45, 2.75) is 18.6 Å². The molecule has 0 aliphatic heterocycles.